The van der Waals surface area contributed by atoms with Gasteiger partial charge >= 0.3 is 0 Å². The Balaban J connectivity index is 2.68. The van der Waals surface area contributed by atoms with Crippen LogP contribution in [0.15, 0.2) is 24.3 Å². The van der Waals surface area contributed by atoms with Crippen molar-refractivity contribution in [1.29, 1.82) is 5.26 Å². The molecule has 0 saturated heterocycles. The highest BCUT2D eigenvalue weighted by atomic mass is 16.5. The Kier molecular flexibility index (Phi) is 4.95. The molecule has 17 heavy (non-hydrogen) atoms. The molecule has 0 amide bonds. The van der Waals surface area contributed by atoms with E-state index < -0.39 is 12.3 Å². The molecule has 2 unspecified atom stereocenters. The Labute approximate surface area is 102 Å². The van der Waals surface area contributed by atoms with Gasteiger partial charge < -0.3 is 9.84 Å². The summed E-state index contributed by atoms with van der Waals surface area (Å²) in [6.07, 6.45) is -0.982. The number of para-hydroxylation sites is 1. The van der Waals surface area contributed by atoms with Gasteiger partial charge in [-0.2, -0.15) is 5.26 Å². The van der Waals surface area contributed by atoms with Crippen LogP contribution in [0.3, 0.4) is 0 Å². The Morgan fingerprint density at radius 2 is 2.06 bits per heavy atom. The number of nitrogens with zero attached hydrogens (tertiary/aromatic N) is 1. The van der Waals surface area contributed by atoms with Gasteiger partial charge in [-0.3, -0.25) is 5.73 Å². The lowest BCUT2D eigenvalue weighted by Crippen LogP contribution is -2.40. The van der Waals surface area contributed by atoms with E-state index in [0.29, 0.717) is 23.7 Å². The first-order valence-electron chi connectivity index (χ1n) is 5.64. The predicted octanol–water partition coefficient (Wildman–Crippen LogP) is 1.63. The van der Waals surface area contributed by atoms with Crippen molar-refractivity contribution in [3.8, 4) is 11.8 Å². The second-order valence-corrected chi connectivity index (χ2v) is 4.39. The third kappa shape index (κ3) is 4.06. The fourth-order valence-electron chi connectivity index (χ4n) is 1.50. The predicted molar refractivity (Wildman–Crippen MR) is 65.2 cm³/mol. The Morgan fingerprint density at radius 3 is 2.65 bits per heavy atom. The normalized spacial score (nSPS) is 14.1. The average molecular weight is 234 g/mol. The summed E-state index contributed by atoms with van der Waals surface area (Å²) >= 11 is 0. The van der Waals surface area contributed by atoms with Crippen LogP contribution in [-0.4, -0.2) is 17.4 Å². The minimum Gasteiger partial charge on any atom is -0.471 e. The first-order valence-corrected chi connectivity index (χ1v) is 5.64. The maximum atomic E-state index is 9.78. The monoisotopic (exact) mass is 234 g/mol. The zero-order chi connectivity index (χ0) is 12.8. The summed E-state index contributed by atoms with van der Waals surface area (Å²) in [6.45, 7) is 4.00. The molecule has 4 nitrogen and oxygen atoms in total. The van der Waals surface area contributed by atoms with E-state index in [-0.39, 0.29) is 0 Å². The van der Waals surface area contributed by atoms with Gasteiger partial charge in [0.15, 0.2) is 6.23 Å². The van der Waals surface area contributed by atoms with Crippen molar-refractivity contribution in [2.24, 2.45) is 11.7 Å². The van der Waals surface area contributed by atoms with Crippen molar-refractivity contribution < 1.29 is 9.84 Å². The fourth-order valence-corrected chi connectivity index (χ4v) is 1.50. The number of hydrogen-bond acceptors (Lipinski definition) is 4. The van der Waals surface area contributed by atoms with Crippen molar-refractivity contribution in [3.05, 3.63) is 29.8 Å². The highest BCUT2D eigenvalue weighted by Crippen LogP contribution is 2.19. The van der Waals surface area contributed by atoms with Gasteiger partial charge in [0.25, 0.3) is 0 Å². The van der Waals surface area contributed by atoms with Crippen molar-refractivity contribution >= 4 is 0 Å². The minimum absolute atomic E-state index is 0.339. The standard InChI is InChI=1S/C13H18N2O2/c1-9(2)7-11(16)13(15)17-12-6-4-3-5-10(12)8-14/h3-6,9,11,13,16H,7,15H2,1-2H3. The maximum absolute atomic E-state index is 9.78. The molecule has 0 aliphatic carbocycles. The average Bonchev–Trinajstić information content (AvgIpc) is 2.28. The SMILES string of the molecule is CC(C)CC(O)C(N)Oc1ccccc1C#N. The lowest BCUT2D eigenvalue weighted by molar-refractivity contribution is 0.0267. The molecular weight excluding hydrogens is 216 g/mol. The van der Waals surface area contributed by atoms with E-state index in [1.165, 1.54) is 0 Å². The number of nitrogens with two attached hydrogens (primary N) is 1. The Hall–Kier alpha value is -1.57. The van der Waals surface area contributed by atoms with Crippen LogP contribution in [0.1, 0.15) is 25.8 Å². The Morgan fingerprint density at radius 1 is 1.41 bits per heavy atom. The van der Waals surface area contributed by atoms with Gasteiger partial charge in [0.1, 0.15) is 17.9 Å². The summed E-state index contributed by atoms with van der Waals surface area (Å²) in [7, 11) is 0. The molecule has 4 heteroatoms. The molecule has 2 atom stereocenters. The quantitative estimate of drug-likeness (QED) is 0.759. The van der Waals surface area contributed by atoms with Crippen molar-refractivity contribution in [2.45, 2.75) is 32.6 Å². The van der Waals surface area contributed by atoms with Gasteiger partial charge in [0.05, 0.1) is 5.56 Å². The molecule has 0 fully saturated rings. The maximum Gasteiger partial charge on any atom is 0.173 e. The smallest absolute Gasteiger partial charge is 0.173 e. The summed E-state index contributed by atoms with van der Waals surface area (Å²) in [5.74, 6) is 0.746. The van der Waals surface area contributed by atoms with Crippen LogP contribution in [-0.2, 0) is 0 Å². The van der Waals surface area contributed by atoms with Gasteiger partial charge in [-0.15, -0.1) is 0 Å². The largest absolute Gasteiger partial charge is 0.471 e. The molecule has 92 valence electrons. The van der Waals surface area contributed by atoms with Crippen molar-refractivity contribution in [1.82, 2.24) is 0 Å². The topological polar surface area (TPSA) is 79.3 Å². The van der Waals surface area contributed by atoms with Crippen molar-refractivity contribution in [3.63, 3.8) is 0 Å². The molecule has 0 spiro atoms. The molecule has 0 saturated carbocycles. The number of rotatable bonds is 5. The summed E-state index contributed by atoms with van der Waals surface area (Å²) < 4.78 is 5.40. The molecule has 1 aromatic rings. The molecule has 0 radical (unpaired) electrons. The third-order valence-corrected chi connectivity index (χ3v) is 2.36. The first-order chi connectivity index (χ1) is 8.04. The van der Waals surface area contributed by atoms with Crippen LogP contribution in [0.4, 0.5) is 0 Å². The number of aliphatic hydroxyl groups excluding tert-OH is 1. The Bertz CT molecular complexity index is 399. The lowest BCUT2D eigenvalue weighted by atomic mass is 10.1. The van der Waals surface area contributed by atoms with E-state index in [1.807, 2.05) is 19.9 Å². The molecule has 3 N–H and O–H groups in total. The number of hydrogen-bond donors (Lipinski definition) is 2. The zero-order valence-corrected chi connectivity index (χ0v) is 10.1. The molecular formula is C13H18N2O2. The van der Waals surface area contributed by atoms with Crippen LogP contribution >= 0.6 is 0 Å². The number of benzene rings is 1. The second kappa shape index (κ2) is 6.24. The highest BCUT2D eigenvalue weighted by Gasteiger charge is 2.18. The number of aliphatic hydroxyl groups is 1. The fraction of sp³-hybridized carbons (Fsp3) is 0.462. The summed E-state index contributed by atoms with van der Waals surface area (Å²) in [6, 6.07) is 8.85. The first kappa shape index (κ1) is 13.5. The van der Waals surface area contributed by atoms with Crippen LogP contribution in [0, 0.1) is 17.2 Å². The van der Waals surface area contributed by atoms with Gasteiger partial charge in [0.2, 0.25) is 0 Å². The number of nitriles is 1. The minimum atomic E-state index is -0.813. The summed E-state index contributed by atoms with van der Waals surface area (Å²) in [4.78, 5) is 0. The molecule has 0 heterocycles. The molecule has 0 aliphatic heterocycles. The van der Waals surface area contributed by atoms with Crippen LogP contribution in [0.2, 0.25) is 0 Å². The second-order valence-electron chi connectivity index (χ2n) is 4.39. The molecule has 0 aliphatic rings. The van der Waals surface area contributed by atoms with Crippen LogP contribution in [0.25, 0.3) is 0 Å². The van der Waals surface area contributed by atoms with E-state index in [9.17, 15) is 5.11 Å². The van der Waals surface area contributed by atoms with E-state index in [1.54, 1.807) is 24.3 Å². The summed E-state index contributed by atoms with van der Waals surface area (Å²) in [5.41, 5.74) is 6.16. The summed E-state index contributed by atoms with van der Waals surface area (Å²) in [5, 5.41) is 18.7. The van der Waals surface area contributed by atoms with E-state index in [0.717, 1.165) is 0 Å². The lowest BCUT2D eigenvalue weighted by Gasteiger charge is -2.22. The molecule has 1 rings (SSSR count). The van der Waals surface area contributed by atoms with Gasteiger partial charge in [0, 0.05) is 0 Å². The van der Waals surface area contributed by atoms with Crippen molar-refractivity contribution in [2.75, 3.05) is 0 Å². The highest BCUT2D eigenvalue weighted by molar-refractivity contribution is 5.42. The number of ether oxygens (including phenoxy) is 1. The van der Waals surface area contributed by atoms with E-state index in [2.05, 4.69) is 0 Å². The van der Waals surface area contributed by atoms with Crippen LogP contribution < -0.4 is 10.5 Å². The third-order valence-electron chi connectivity index (χ3n) is 2.36. The van der Waals surface area contributed by atoms with E-state index >= 15 is 0 Å². The van der Waals surface area contributed by atoms with Gasteiger partial charge in [-0.05, 0) is 24.5 Å². The molecule has 0 bridgehead atoms. The van der Waals surface area contributed by atoms with E-state index in [4.69, 9.17) is 15.7 Å². The van der Waals surface area contributed by atoms with Gasteiger partial charge in [-0.1, -0.05) is 26.0 Å². The molecule has 0 aromatic heterocycles. The molecule has 1 aromatic carbocycles. The van der Waals surface area contributed by atoms with Crippen LogP contribution in [0.5, 0.6) is 5.75 Å². The zero-order valence-electron chi connectivity index (χ0n) is 10.1. The van der Waals surface area contributed by atoms with Gasteiger partial charge in [-0.25, -0.2) is 0 Å².